The summed E-state index contributed by atoms with van der Waals surface area (Å²) in [7, 11) is 0. The lowest BCUT2D eigenvalue weighted by molar-refractivity contribution is 0.0996. The Balaban J connectivity index is 1.77. The fraction of sp³-hybridized carbons (Fsp3) is 0.333. The Morgan fingerprint density at radius 3 is 2.70 bits per heavy atom. The summed E-state index contributed by atoms with van der Waals surface area (Å²) < 4.78 is 1.95. The van der Waals surface area contributed by atoms with E-state index in [-0.39, 0.29) is 0 Å². The molecule has 7 nitrogen and oxygen atoms in total. The molecule has 0 unspecified atom stereocenters. The van der Waals surface area contributed by atoms with Gasteiger partial charge in [-0.25, -0.2) is 15.0 Å². The molecule has 0 atom stereocenters. The van der Waals surface area contributed by atoms with Crippen LogP contribution in [0.2, 0.25) is 5.02 Å². The SMILES string of the molecule is NC(=O)c1cn2c(n1)CCN(c1ncc(Cl)cn1)CC2. The molecular weight excluding hydrogens is 280 g/mol. The van der Waals surface area contributed by atoms with Crippen LogP contribution in [0.5, 0.6) is 0 Å². The van der Waals surface area contributed by atoms with Gasteiger partial charge >= 0.3 is 0 Å². The van der Waals surface area contributed by atoms with E-state index in [1.54, 1.807) is 18.6 Å². The van der Waals surface area contributed by atoms with Gasteiger partial charge in [0, 0.05) is 32.3 Å². The molecule has 104 valence electrons. The topological polar surface area (TPSA) is 89.9 Å². The molecule has 1 aliphatic heterocycles. The summed E-state index contributed by atoms with van der Waals surface area (Å²) in [5, 5.41) is 0.516. The van der Waals surface area contributed by atoms with Gasteiger partial charge in [0.05, 0.1) is 17.4 Å². The van der Waals surface area contributed by atoms with Crippen LogP contribution in [-0.4, -0.2) is 38.5 Å². The van der Waals surface area contributed by atoms with Crippen molar-refractivity contribution in [3.63, 3.8) is 0 Å². The molecule has 0 bridgehead atoms. The van der Waals surface area contributed by atoms with Gasteiger partial charge in [-0.3, -0.25) is 4.79 Å². The van der Waals surface area contributed by atoms with Crippen LogP contribution in [0.3, 0.4) is 0 Å². The van der Waals surface area contributed by atoms with E-state index in [4.69, 9.17) is 17.3 Å². The summed E-state index contributed by atoms with van der Waals surface area (Å²) in [4.78, 5) is 25.9. The normalized spacial score (nSPS) is 14.8. The molecule has 0 saturated carbocycles. The number of amides is 1. The number of carbonyl (C=O) groups excluding carboxylic acids is 1. The number of hydrogen-bond donors (Lipinski definition) is 1. The molecule has 0 fully saturated rings. The maximum absolute atomic E-state index is 11.1. The summed E-state index contributed by atoms with van der Waals surface area (Å²) >= 11 is 5.78. The van der Waals surface area contributed by atoms with Gasteiger partial charge in [-0.1, -0.05) is 11.6 Å². The van der Waals surface area contributed by atoms with Crippen molar-refractivity contribution in [1.29, 1.82) is 0 Å². The molecule has 2 aromatic heterocycles. The summed E-state index contributed by atoms with van der Waals surface area (Å²) in [5.41, 5.74) is 5.56. The van der Waals surface area contributed by atoms with Crippen LogP contribution < -0.4 is 10.6 Å². The third-order valence-corrected chi connectivity index (χ3v) is 3.41. The number of hydrogen-bond acceptors (Lipinski definition) is 5. The lowest BCUT2D eigenvalue weighted by Crippen LogP contribution is -2.28. The van der Waals surface area contributed by atoms with Gasteiger partial charge in [0.15, 0.2) is 0 Å². The second-order valence-electron chi connectivity index (χ2n) is 4.54. The molecule has 2 N–H and O–H groups in total. The lowest BCUT2D eigenvalue weighted by Gasteiger charge is -2.19. The van der Waals surface area contributed by atoms with E-state index in [9.17, 15) is 4.79 Å². The average molecular weight is 293 g/mol. The first-order chi connectivity index (χ1) is 9.63. The molecule has 1 amide bonds. The minimum absolute atomic E-state index is 0.316. The van der Waals surface area contributed by atoms with Gasteiger partial charge in [0.2, 0.25) is 5.95 Å². The minimum Gasteiger partial charge on any atom is -0.364 e. The Morgan fingerprint density at radius 2 is 2.00 bits per heavy atom. The summed E-state index contributed by atoms with van der Waals surface area (Å²) in [6, 6.07) is 0. The van der Waals surface area contributed by atoms with Crippen LogP contribution in [0.4, 0.5) is 5.95 Å². The van der Waals surface area contributed by atoms with Gasteiger partial charge in [-0.05, 0) is 0 Å². The van der Waals surface area contributed by atoms with Gasteiger partial charge in [0.25, 0.3) is 5.91 Å². The highest BCUT2D eigenvalue weighted by molar-refractivity contribution is 6.30. The second kappa shape index (κ2) is 5.09. The summed E-state index contributed by atoms with van der Waals surface area (Å²) in [6.07, 6.45) is 5.57. The van der Waals surface area contributed by atoms with Crippen molar-refractivity contribution in [2.75, 3.05) is 18.0 Å². The van der Waals surface area contributed by atoms with Crippen molar-refractivity contribution >= 4 is 23.5 Å². The van der Waals surface area contributed by atoms with Crippen molar-refractivity contribution < 1.29 is 4.79 Å². The zero-order chi connectivity index (χ0) is 14.1. The van der Waals surface area contributed by atoms with E-state index in [2.05, 4.69) is 19.9 Å². The largest absolute Gasteiger partial charge is 0.364 e. The van der Waals surface area contributed by atoms with Gasteiger partial charge < -0.3 is 15.2 Å². The number of rotatable bonds is 2. The number of halogens is 1. The molecule has 0 spiro atoms. The van der Waals surface area contributed by atoms with Gasteiger partial charge in [-0.2, -0.15) is 0 Å². The number of aromatic nitrogens is 4. The highest BCUT2D eigenvalue weighted by atomic mass is 35.5. The maximum Gasteiger partial charge on any atom is 0.268 e. The van der Waals surface area contributed by atoms with Crippen LogP contribution in [0.15, 0.2) is 18.6 Å². The van der Waals surface area contributed by atoms with E-state index in [0.29, 0.717) is 29.6 Å². The molecule has 3 rings (SSSR count). The first-order valence-electron chi connectivity index (χ1n) is 6.22. The third-order valence-electron chi connectivity index (χ3n) is 3.22. The molecule has 2 aromatic rings. The van der Waals surface area contributed by atoms with Crippen LogP contribution in [0.1, 0.15) is 16.3 Å². The number of anilines is 1. The monoisotopic (exact) mass is 292 g/mol. The van der Waals surface area contributed by atoms with E-state index in [1.807, 2.05) is 4.57 Å². The molecule has 0 saturated heterocycles. The first kappa shape index (κ1) is 12.9. The zero-order valence-electron chi connectivity index (χ0n) is 10.7. The number of nitrogens with two attached hydrogens (primary N) is 1. The Labute approximate surface area is 120 Å². The number of carbonyl (C=O) groups is 1. The Kier molecular flexibility index (Phi) is 3.27. The van der Waals surface area contributed by atoms with Gasteiger partial charge in [-0.15, -0.1) is 0 Å². The predicted molar refractivity (Wildman–Crippen MR) is 73.7 cm³/mol. The fourth-order valence-corrected chi connectivity index (χ4v) is 2.31. The van der Waals surface area contributed by atoms with Gasteiger partial charge in [0.1, 0.15) is 11.5 Å². The average Bonchev–Trinajstić information content (AvgIpc) is 2.75. The number of imidazole rings is 1. The van der Waals surface area contributed by atoms with Crippen molar-refractivity contribution in [3.05, 3.63) is 35.1 Å². The highest BCUT2D eigenvalue weighted by Crippen LogP contribution is 2.15. The number of primary amides is 1. The number of fused-ring (bicyclic) bond motifs is 1. The third kappa shape index (κ3) is 2.44. The second-order valence-corrected chi connectivity index (χ2v) is 4.97. The predicted octanol–water partition coefficient (Wildman–Crippen LogP) is 0.488. The summed E-state index contributed by atoms with van der Waals surface area (Å²) in [6.45, 7) is 2.18. The van der Waals surface area contributed by atoms with E-state index in [1.165, 1.54) is 0 Å². The fourth-order valence-electron chi connectivity index (χ4n) is 2.21. The molecule has 20 heavy (non-hydrogen) atoms. The maximum atomic E-state index is 11.1. The van der Waals surface area contributed by atoms with Crippen molar-refractivity contribution in [1.82, 2.24) is 19.5 Å². The Bertz CT molecular complexity index is 612. The molecule has 0 radical (unpaired) electrons. The van der Waals surface area contributed by atoms with Crippen molar-refractivity contribution in [3.8, 4) is 0 Å². The molecule has 8 heteroatoms. The van der Waals surface area contributed by atoms with Crippen LogP contribution in [-0.2, 0) is 13.0 Å². The van der Waals surface area contributed by atoms with Crippen LogP contribution in [0, 0.1) is 0 Å². The van der Waals surface area contributed by atoms with E-state index >= 15 is 0 Å². The molecule has 0 aromatic carbocycles. The Morgan fingerprint density at radius 1 is 1.25 bits per heavy atom. The smallest absolute Gasteiger partial charge is 0.268 e. The first-order valence-corrected chi connectivity index (χ1v) is 6.59. The van der Waals surface area contributed by atoms with Crippen molar-refractivity contribution in [2.24, 2.45) is 5.73 Å². The van der Waals surface area contributed by atoms with E-state index in [0.717, 1.165) is 18.9 Å². The van der Waals surface area contributed by atoms with E-state index < -0.39 is 5.91 Å². The van der Waals surface area contributed by atoms with Crippen LogP contribution in [0.25, 0.3) is 0 Å². The Hall–Kier alpha value is -2.15. The molecule has 3 heterocycles. The highest BCUT2D eigenvalue weighted by Gasteiger charge is 2.19. The summed E-state index contributed by atoms with van der Waals surface area (Å²) in [5.74, 6) is 1.01. The molecule has 1 aliphatic rings. The zero-order valence-corrected chi connectivity index (χ0v) is 11.4. The standard InChI is InChI=1S/C12H13ClN6O/c13-8-5-15-12(16-6-8)18-2-1-10-17-9(11(14)20)7-19(10)4-3-18/h5-7H,1-4H2,(H2,14,20). The van der Waals surface area contributed by atoms with Crippen molar-refractivity contribution in [2.45, 2.75) is 13.0 Å². The molecule has 0 aliphatic carbocycles. The van der Waals surface area contributed by atoms with Crippen LogP contribution >= 0.6 is 11.6 Å². The lowest BCUT2D eigenvalue weighted by atomic mass is 10.4. The molecular formula is C12H13ClN6O. The quantitative estimate of drug-likeness (QED) is 0.870. The number of nitrogens with zero attached hydrogens (tertiary/aromatic N) is 5. The minimum atomic E-state index is -0.497.